The van der Waals surface area contributed by atoms with E-state index >= 15 is 0 Å². The molecule has 2 aromatic carbocycles. The van der Waals surface area contributed by atoms with E-state index in [9.17, 15) is 14.7 Å². The van der Waals surface area contributed by atoms with Gasteiger partial charge in [-0.3, -0.25) is 9.59 Å². The Bertz CT molecular complexity index is 901. The predicted octanol–water partition coefficient (Wildman–Crippen LogP) is 2.64. The summed E-state index contributed by atoms with van der Waals surface area (Å²) in [4.78, 5) is 23.8. The number of nitrogen functional groups attached to an aromatic ring is 1. The Kier molecular flexibility index (Phi) is 6.41. The summed E-state index contributed by atoms with van der Waals surface area (Å²) in [5, 5.41) is 15.9. The van der Waals surface area contributed by atoms with Crippen LogP contribution in [-0.4, -0.2) is 30.0 Å². The summed E-state index contributed by atoms with van der Waals surface area (Å²) in [5.74, 6) is 0.427. The van der Waals surface area contributed by atoms with Gasteiger partial charge in [-0.2, -0.15) is 0 Å². The molecule has 0 radical (unpaired) electrons. The first-order chi connectivity index (χ1) is 13.4. The van der Waals surface area contributed by atoms with Crippen molar-refractivity contribution in [3.63, 3.8) is 0 Å². The van der Waals surface area contributed by atoms with Gasteiger partial charge >= 0.3 is 0 Å². The maximum Gasteiger partial charge on any atom is 0.221 e. The zero-order valence-electron chi connectivity index (χ0n) is 15.3. The minimum Gasteiger partial charge on any atom is -0.503 e. The number of rotatable bonds is 0. The first-order valence-corrected chi connectivity index (χ1v) is 9.82. The molecule has 2 aliphatic rings. The van der Waals surface area contributed by atoms with Crippen LogP contribution in [-0.2, 0) is 22.4 Å². The number of carbonyl (C=O) groups is 2. The number of aromatic hydroxyl groups is 1. The number of fused-ring (bicyclic) bond motifs is 11. The molecule has 8 heteroatoms. The number of hydrogen-bond acceptors (Lipinski definition) is 5. The van der Waals surface area contributed by atoms with E-state index in [0.717, 1.165) is 11.1 Å². The number of ether oxygens (including phenoxy) is 1. The van der Waals surface area contributed by atoms with Crippen LogP contribution < -0.4 is 21.1 Å². The molecule has 2 heterocycles. The van der Waals surface area contributed by atoms with Crippen LogP contribution in [0.15, 0.2) is 34.8 Å². The van der Waals surface area contributed by atoms with Gasteiger partial charge in [0.05, 0.1) is 10.2 Å². The summed E-state index contributed by atoms with van der Waals surface area (Å²) in [5.41, 5.74) is 8.30. The predicted molar refractivity (Wildman–Crippen MR) is 109 cm³/mol. The van der Waals surface area contributed by atoms with Crippen molar-refractivity contribution >= 4 is 33.4 Å². The topological polar surface area (TPSA) is 114 Å². The number of amides is 2. The minimum atomic E-state index is -0.127. The normalized spacial score (nSPS) is 15.8. The lowest BCUT2D eigenvalue weighted by Gasteiger charge is -2.14. The second kappa shape index (κ2) is 8.97. The van der Waals surface area contributed by atoms with E-state index in [1.807, 2.05) is 6.07 Å². The van der Waals surface area contributed by atoms with Crippen LogP contribution in [0, 0.1) is 0 Å². The minimum absolute atomic E-state index is 0.0256. The molecule has 0 saturated heterocycles. The summed E-state index contributed by atoms with van der Waals surface area (Å²) in [6, 6.07) is 8.83. The Balaban J connectivity index is 1.89. The lowest BCUT2D eigenvalue weighted by atomic mass is 10.1. The van der Waals surface area contributed by atoms with Gasteiger partial charge < -0.3 is 26.2 Å². The van der Waals surface area contributed by atoms with Crippen molar-refractivity contribution in [3.8, 4) is 17.2 Å². The fourth-order valence-electron chi connectivity index (χ4n) is 2.91. The van der Waals surface area contributed by atoms with Crippen LogP contribution in [0.5, 0.6) is 17.2 Å². The fraction of sp³-hybridized carbons (Fsp3) is 0.300. The molecule has 5 N–H and O–H groups in total. The molecule has 4 rings (SSSR count). The number of phenolic OH excluding ortho intramolecular Hbond substituents is 1. The van der Waals surface area contributed by atoms with E-state index in [1.54, 1.807) is 24.3 Å². The van der Waals surface area contributed by atoms with E-state index in [2.05, 4.69) is 26.6 Å². The van der Waals surface area contributed by atoms with E-state index < -0.39 is 0 Å². The van der Waals surface area contributed by atoms with Gasteiger partial charge in [0.25, 0.3) is 0 Å². The third kappa shape index (κ3) is 5.16. The maximum absolute atomic E-state index is 11.9. The smallest absolute Gasteiger partial charge is 0.221 e. The van der Waals surface area contributed by atoms with Crippen LogP contribution in [0.3, 0.4) is 0 Å². The maximum atomic E-state index is 11.9. The fourth-order valence-corrected chi connectivity index (χ4v) is 3.40. The molecule has 2 amide bonds. The summed E-state index contributed by atoms with van der Waals surface area (Å²) >= 11 is 3.33. The highest BCUT2D eigenvalue weighted by Crippen LogP contribution is 2.39. The van der Waals surface area contributed by atoms with Gasteiger partial charge in [-0.05, 0) is 64.2 Å². The number of phenols is 1. The van der Waals surface area contributed by atoms with Gasteiger partial charge in [0.15, 0.2) is 17.2 Å². The molecule has 0 unspecified atom stereocenters. The first-order valence-electron chi connectivity index (χ1n) is 9.03. The van der Waals surface area contributed by atoms with Gasteiger partial charge in [0.1, 0.15) is 0 Å². The molecule has 28 heavy (non-hydrogen) atoms. The zero-order chi connectivity index (χ0) is 20.1. The largest absolute Gasteiger partial charge is 0.503 e. The van der Waals surface area contributed by atoms with Crippen molar-refractivity contribution in [2.45, 2.75) is 25.7 Å². The van der Waals surface area contributed by atoms with Crippen molar-refractivity contribution in [2.24, 2.45) is 0 Å². The van der Waals surface area contributed by atoms with Gasteiger partial charge in [0, 0.05) is 25.9 Å². The third-order valence-corrected chi connectivity index (χ3v) is 5.04. The number of aryl methyl sites for hydroxylation is 1. The molecule has 0 spiro atoms. The number of benzene rings is 2. The van der Waals surface area contributed by atoms with Gasteiger partial charge in [0.2, 0.25) is 11.8 Å². The molecular weight excluding hydrogens is 426 g/mol. The summed E-state index contributed by atoms with van der Waals surface area (Å²) in [6.07, 6.45) is 1.61. The van der Waals surface area contributed by atoms with E-state index in [4.69, 9.17) is 10.5 Å². The molecule has 2 aromatic rings. The quantitative estimate of drug-likeness (QED) is 0.463. The number of nitrogens with one attached hydrogen (secondary N) is 2. The molecule has 0 saturated carbocycles. The van der Waals surface area contributed by atoms with Gasteiger partial charge in [-0.25, -0.2) is 0 Å². The van der Waals surface area contributed by atoms with Crippen molar-refractivity contribution in [3.05, 3.63) is 45.9 Å². The van der Waals surface area contributed by atoms with Crippen molar-refractivity contribution in [1.29, 1.82) is 0 Å². The lowest BCUT2D eigenvalue weighted by molar-refractivity contribution is -0.122. The highest BCUT2D eigenvalue weighted by Gasteiger charge is 2.14. The molecule has 2 aliphatic heterocycles. The van der Waals surface area contributed by atoms with Crippen molar-refractivity contribution in [2.75, 3.05) is 18.8 Å². The van der Waals surface area contributed by atoms with Crippen LogP contribution in [0.1, 0.15) is 24.0 Å². The van der Waals surface area contributed by atoms with Crippen LogP contribution in [0.25, 0.3) is 0 Å². The molecule has 7 nitrogen and oxygen atoms in total. The summed E-state index contributed by atoms with van der Waals surface area (Å²) in [6.45, 7) is 0.731. The van der Waals surface area contributed by atoms with E-state index in [-0.39, 0.29) is 29.7 Å². The van der Waals surface area contributed by atoms with Gasteiger partial charge in [-0.15, -0.1) is 0 Å². The number of halogens is 1. The molecule has 0 aromatic heterocycles. The number of hydrogen-bond donors (Lipinski definition) is 4. The number of nitrogens with two attached hydrogens (primary N) is 1. The van der Waals surface area contributed by atoms with Crippen LogP contribution in [0.2, 0.25) is 0 Å². The first kappa shape index (κ1) is 20.0. The van der Waals surface area contributed by atoms with Crippen molar-refractivity contribution in [1.82, 2.24) is 10.6 Å². The third-order valence-electron chi connectivity index (χ3n) is 4.43. The Hall–Kier alpha value is -2.74. The second-order valence-electron chi connectivity index (χ2n) is 6.60. The SMILES string of the molecule is Nc1cc2ccc1Oc1cc(cc(Br)c1O)CCNC(=O)CCNC(=O)CC2. The number of carbonyl (C=O) groups excluding carboxylic acids is 2. The molecule has 0 aliphatic carbocycles. The van der Waals surface area contributed by atoms with Crippen LogP contribution in [0.4, 0.5) is 5.69 Å². The van der Waals surface area contributed by atoms with Gasteiger partial charge in [-0.1, -0.05) is 6.07 Å². The Labute approximate surface area is 171 Å². The Morgan fingerprint density at radius 3 is 2.36 bits per heavy atom. The molecule has 4 bridgehead atoms. The average molecular weight is 448 g/mol. The highest BCUT2D eigenvalue weighted by molar-refractivity contribution is 9.10. The summed E-state index contributed by atoms with van der Waals surface area (Å²) in [7, 11) is 0. The highest BCUT2D eigenvalue weighted by atomic mass is 79.9. The Morgan fingerprint density at radius 1 is 0.893 bits per heavy atom. The van der Waals surface area contributed by atoms with Crippen LogP contribution >= 0.6 is 15.9 Å². The average Bonchev–Trinajstić information content (AvgIpc) is 2.65. The van der Waals surface area contributed by atoms with E-state index in [1.165, 1.54) is 0 Å². The number of anilines is 1. The zero-order valence-corrected chi connectivity index (χ0v) is 16.8. The molecule has 0 fully saturated rings. The Morgan fingerprint density at radius 2 is 1.61 bits per heavy atom. The molecular formula is C20H22BrN3O4. The molecule has 0 atom stereocenters. The molecule has 148 valence electrons. The summed E-state index contributed by atoms with van der Waals surface area (Å²) < 4.78 is 6.33. The second-order valence-corrected chi connectivity index (χ2v) is 7.45. The van der Waals surface area contributed by atoms with Crippen molar-refractivity contribution < 1.29 is 19.4 Å². The monoisotopic (exact) mass is 447 g/mol. The standard InChI is InChI=1S/C20H22BrN3O4/c21-14-9-13-5-7-23-19(26)6-8-24-18(25)4-2-12-1-3-16(15(22)10-12)28-17(11-13)20(14)27/h1,3,9-11,27H,2,4-8,22H2,(H,23,26)(H,24,25). The lowest BCUT2D eigenvalue weighted by Crippen LogP contribution is -2.31. The van der Waals surface area contributed by atoms with E-state index in [0.29, 0.717) is 48.3 Å².